The Morgan fingerprint density at radius 2 is 1.74 bits per heavy atom. The SMILES string of the molecule is COc1cc2nccc(Oc3ccc4[nH]c(C(=O)Nc5ccccc5Cl)cc4c3)c2cc1OC. The third kappa shape index (κ3) is 4.09. The highest BCUT2D eigenvalue weighted by Crippen LogP contribution is 2.37. The first-order valence-corrected chi connectivity index (χ1v) is 10.8. The van der Waals surface area contributed by atoms with Gasteiger partial charge in [0.1, 0.15) is 17.2 Å². The van der Waals surface area contributed by atoms with E-state index >= 15 is 0 Å². The number of carbonyl (C=O) groups excluding carboxylic acids is 1. The van der Waals surface area contributed by atoms with Gasteiger partial charge in [-0.1, -0.05) is 23.7 Å². The number of benzene rings is 3. The van der Waals surface area contributed by atoms with E-state index in [9.17, 15) is 4.79 Å². The van der Waals surface area contributed by atoms with Crippen LogP contribution in [0.3, 0.4) is 0 Å². The molecule has 7 nitrogen and oxygen atoms in total. The molecule has 170 valence electrons. The Kier molecular flexibility index (Phi) is 5.69. The van der Waals surface area contributed by atoms with Crippen molar-refractivity contribution in [1.29, 1.82) is 0 Å². The van der Waals surface area contributed by atoms with Crippen LogP contribution in [0.15, 0.2) is 72.9 Å². The molecule has 3 aromatic carbocycles. The second-order valence-corrected chi connectivity index (χ2v) is 7.91. The van der Waals surface area contributed by atoms with Gasteiger partial charge < -0.3 is 24.5 Å². The van der Waals surface area contributed by atoms with Crippen LogP contribution in [0.2, 0.25) is 5.02 Å². The molecule has 0 saturated carbocycles. The van der Waals surface area contributed by atoms with Crippen LogP contribution in [0.5, 0.6) is 23.0 Å². The van der Waals surface area contributed by atoms with Gasteiger partial charge in [0, 0.05) is 28.6 Å². The highest BCUT2D eigenvalue weighted by atomic mass is 35.5. The van der Waals surface area contributed by atoms with E-state index in [0.29, 0.717) is 39.4 Å². The summed E-state index contributed by atoms with van der Waals surface area (Å²) in [5.74, 6) is 2.14. The predicted molar refractivity (Wildman–Crippen MR) is 133 cm³/mol. The zero-order valence-electron chi connectivity index (χ0n) is 18.4. The van der Waals surface area contributed by atoms with Gasteiger partial charge in [0.25, 0.3) is 5.91 Å². The van der Waals surface area contributed by atoms with Crippen LogP contribution >= 0.6 is 11.6 Å². The summed E-state index contributed by atoms with van der Waals surface area (Å²) in [5.41, 5.74) is 2.49. The van der Waals surface area contributed by atoms with Crippen LogP contribution in [0.25, 0.3) is 21.8 Å². The molecule has 0 aliphatic rings. The third-order valence-corrected chi connectivity index (χ3v) is 5.72. The fourth-order valence-corrected chi connectivity index (χ4v) is 3.90. The summed E-state index contributed by atoms with van der Waals surface area (Å²) in [6, 6.07) is 19.9. The molecule has 5 aromatic rings. The number of amides is 1. The molecule has 0 radical (unpaired) electrons. The molecule has 8 heteroatoms. The molecule has 0 fully saturated rings. The quantitative estimate of drug-likeness (QED) is 0.297. The maximum Gasteiger partial charge on any atom is 0.272 e. The molecule has 0 aliphatic heterocycles. The van der Waals surface area contributed by atoms with Crippen molar-refractivity contribution in [3.8, 4) is 23.0 Å². The molecule has 0 spiro atoms. The van der Waals surface area contributed by atoms with Crippen LogP contribution < -0.4 is 19.5 Å². The maximum absolute atomic E-state index is 12.7. The zero-order chi connectivity index (χ0) is 23.7. The average Bonchev–Trinajstić information content (AvgIpc) is 3.28. The van der Waals surface area contributed by atoms with Gasteiger partial charge in [0.2, 0.25) is 0 Å². The lowest BCUT2D eigenvalue weighted by Gasteiger charge is -2.12. The van der Waals surface area contributed by atoms with E-state index < -0.39 is 0 Å². The monoisotopic (exact) mass is 473 g/mol. The first kappa shape index (κ1) is 21.6. The normalized spacial score (nSPS) is 10.9. The van der Waals surface area contributed by atoms with E-state index in [1.165, 1.54) is 0 Å². The minimum absolute atomic E-state index is 0.284. The van der Waals surface area contributed by atoms with Gasteiger partial charge in [0.15, 0.2) is 11.5 Å². The van der Waals surface area contributed by atoms with Crippen LogP contribution in [0, 0.1) is 0 Å². The van der Waals surface area contributed by atoms with Crippen molar-refractivity contribution < 1.29 is 19.0 Å². The summed E-state index contributed by atoms with van der Waals surface area (Å²) in [6.07, 6.45) is 1.68. The maximum atomic E-state index is 12.7. The molecule has 2 N–H and O–H groups in total. The summed E-state index contributed by atoms with van der Waals surface area (Å²) < 4.78 is 17.0. The summed E-state index contributed by atoms with van der Waals surface area (Å²) >= 11 is 6.15. The predicted octanol–water partition coefficient (Wildman–Crippen LogP) is 6.43. The fourth-order valence-electron chi connectivity index (χ4n) is 3.71. The smallest absolute Gasteiger partial charge is 0.272 e. The number of para-hydroxylation sites is 1. The van der Waals surface area contributed by atoms with Crippen molar-refractivity contribution in [3.63, 3.8) is 0 Å². The first-order valence-electron chi connectivity index (χ1n) is 10.4. The molecule has 0 atom stereocenters. The number of anilines is 1. The fraction of sp³-hybridized carbons (Fsp3) is 0.0769. The molecular weight excluding hydrogens is 454 g/mol. The Bertz CT molecular complexity index is 1530. The summed E-state index contributed by atoms with van der Waals surface area (Å²) in [4.78, 5) is 20.2. The minimum atomic E-state index is -0.284. The van der Waals surface area contributed by atoms with E-state index in [-0.39, 0.29) is 5.91 Å². The van der Waals surface area contributed by atoms with Gasteiger partial charge in [-0.05, 0) is 48.5 Å². The van der Waals surface area contributed by atoms with Gasteiger partial charge >= 0.3 is 0 Å². The number of H-pyrrole nitrogens is 1. The van der Waals surface area contributed by atoms with Crippen molar-refractivity contribution in [2.24, 2.45) is 0 Å². The second kappa shape index (κ2) is 8.96. The van der Waals surface area contributed by atoms with Gasteiger partial charge in [0.05, 0.1) is 30.4 Å². The Morgan fingerprint density at radius 1 is 0.941 bits per heavy atom. The molecule has 0 aliphatic carbocycles. The van der Waals surface area contributed by atoms with Gasteiger partial charge in [-0.15, -0.1) is 0 Å². The largest absolute Gasteiger partial charge is 0.493 e. The molecule has 34 heavy (non-hydrogen) atoms. The van der Waals surface area contributed by atoms with Crippen molar-refractivity contribution in [1.82, 2.24) is 9.97 Å². The molecule has 0 bridgehead atoms. The average molecular weight is 474 g/mol. The van der Waals surface area contributed by atoms with E-state index in [4.69, 9.17) is 25.8 Å². The van der Waals surface area contributed by atoms with Crippen molar-refractivity contribution in [2.45, 2.75) is 0 Å². The number of hydrogen-bond donors (Lipinski definition) is 2. The number of aromatic amines is 1. The summed E-state index contributed by atoms with van der Waals surface area (Å²) in [7, 11) is 3.17. The molecule has 2 heterocycles. The highest BCUT2D eigenvalue weighted by molar-refractivity contribution is 6.33. The molecule has 0 saturated heterocycles. The topological polar surface area (TPSA) is 85.5 Å². The molecule has 1 amide bonds. The van der Waals surface area contributed by atoms with Crippen LogP contribution in [0.1, 0.15) is 10.5 Å². The number of rotatable bonds is 6. The number of nitrogens with zero attached hydrogens (tertiary/aromatic N) is 1. The van der Waals surface area contributed by atoms with E-state index in [1.54, 1.807) is 56.8 Å². The Balaban J connectivity index is 1.44. The first-order chi connectivity index (χ1) is 16.6. The van der Waals surface area contributed by atoms with Crippen molar-refractivity contribution in [2.75, 3.05) is 19.5 Å². The number of methoxy groups -OCH3 is 2. The van der Waals surface area contributed by atoms with Crippen LogP contribution in [-0.2, 0) is 0 Å². The Morgan fingerprint density at radius 3 is 2.53 bits per heavy atom. The van der Waals surface area contributed by atoms with Crippen LogP contribution in [0.4, 0.5) is 5.69 Å². The molecule has 0 unspecified atom stereocenters. The number of pyridine rings is 1. The summed E-state index contributed by atoms with van der Waals surface area (Å²) in [5, 5.41) is 4.91. The standard InChI is InChI=1S/C26H20ClN3O4/c1-32-24-13-17-21(14-25(24)33-2)28-10-9-23(17)34-16-7-8-19-15(11-16)12-22(29-19)26(31)30-20-6-4-3-5-18(20)27/h3-14,29H,1-2H3,(H,30,31). The number of hydrogen-bond acceptors (Lipinski definition) is 5. The number of nitrogens with one attached hydrogen (secondary N) is 2. The molecule has 2 aromatic heterocycles. The molecule has 5 rings (SSSR count). The Hall–Kier alpha value is -4.23. The van der Waals surface area contributed by atoms with Crippen molar-refractivity contribution >= 4 is 45.0 Å². The lowest BCUT2D eigenvalue weighted by Crippen LogP contribution is -2.12. The third-order valence-electron chi connectivity index (χ3n) is 5.39. The van der Waals surface area contributed by atoms with E-state index in [0.717, 1.165) is 21.8 Å². The second-order valence-electron chi connectivity index (χ2n) is 7.50. The molecular formula is C26H20ClN3O4. The lowest BCUT2D eigenvalue weighted by atomic mass is 10.1. The number of halogens is 1. The Labute approximate surface area is 200 Å². The zero-order valence-corrected chi connectivity index (χ0v) is 19.1. The number of aromatic nitrogens is 2. The number of ether oxygens (including phenoxy) is 3. The van der Waals surface area contributed by atoms with Gasteiger partial charge in [-0.3, -0.25) is 9.78 Å². The minimum Gasteiger partial charge on any atom is -0.493 e. The summed E-state index contributed by atoms with van der Waals surface area (Å²) in [6.45, 7) is 0. The number of carbonyl (C=O) groups is 1. The number of fused-ring (bicyclic) bond motifs is 2. The van der Waals surface area contributed by atoms with E-state index in [1.807, 2.05) is 30.3 Å². The van der Waals surface area contributed by atoms with Gasteiger partial charge in [-0.25, -0.2) is 0 Å². The van der Waals surface area contributed by atoms with E-state index in [2.05, 4.69) is 15.3 Å². The van der Waals surface area contributed by atoms with Crippen molar-refractivity contribution in [3.05, 3.63) is 83.6 Å². The van der Waals surface area contributed by atoms with Crippen LogP contribution in [-0.4, -0.2) is 30.1 Å². The highest BCUT2D eigenvalue weighted by Gasteiger charge is 2.14. The lowest BCUT2D eigenvalue weighted by molar-refractivity contribution is 0.102. The van der Waals surface area contributed by atoms with Gasteiger partial charge in [-0.2, -0.15) is 0 Å².